The first-order valence-electron chi connectivity index (χ1n) is 11.5. The summed E-state index contributed by atoms with van der Waals surface area (Å²) in [6.07, 6.45) is 4.12. The molecule has 0 radical (unpaired) electrons. The van der Waals surface area contributed by atoms with Gasteiger partial charge in [0.15, 0.2) is 0 Å². The van der Waals surface area contributed by atoms with Gasteiger partial charge in [-0.3, -0.25) is 4.79 Å². The normalized spacial score (nSPS) is 21.7. The molecule has 2 aliphatic heterocycles. The SMILES string of the molecule is COc1ccc(S(=O)(=O)N2CCCC(C(=O)N3CCCC3Cc3cccc(OC)c3)C2)cc1. The van der Waals surface area contributed by atoms with Gasteiger partial charge in [-0.2, -0.15) is 4.31 Å². The van der Waals surface area contributed by atoms with Crippen molar-refractivity contribution < 1.29 is 22.7 Å². The molecule has 0 aliphatic carbocycles. The summed E-state index contributed by atoms with van der Waals surface area (Å²) in [6, 6.07) is 14.5. The van der Waals surface area contributed by atoms with E-state index in [9.17, 15) is 13.2 Å². The summed E-state index contributed by atoms with van der Waals surface area (Å²) in [7, 11) is -0.456. The van der Waals surface area contributed by atoms with Crippen molar-refractivity contribution in [3.05, 3.63) is 54.1 Å². The number of hydrogen-bond acceptors (Lipinski definition) is 5. The van der Waals surface area contributed by atoms with Crippen LogP contribution in [0.1, 0.15) is 31.2 Å². The molecule has 2 unspecified atom stereocenters. The van der Waals surface area contributed by atoms with Crippen LogP contribution in [0.3, 0.4) is 0 Å². The molecule has 0 bridgehead atoms. The van der Waals surface area contributed by atoms with E-state index in [1.807, 2.05) is 23.1 Å². The number of likely N-dealkylation sites (tertiary alicyclic amines) is 1. The molecule has 7 nitrogen and oxygen atoms in total. The Morgan fingerprint density at radius 2 is 1.70 bits per heavy atom. The van der Waals surface area contributed by atoms with E-state index in [0.29, 0.717) is 18.7 Å². The number of rotatable bonds is 7. The lowest BCUT2D eigenvalue weighted by molar-refractivity contribution is -0.137. The molecular formula is C25H32N2O5S. The van der Waals surface area contributed by atoms with Gasteiger partial charge in [0.1, 0.15) is 11.5 Å². The van der Waals surface area contributed by atoms with Gasteiger partial charge in [-0.05, 0) is 74.1 Å². The third-order valence-electron chi connectivity index (χ3n) is 6.70. The summed E-state index contributed by atoms with van der Waals surface area (Å²) in [6.45, 7) is 1.40. The fraction of sp³-hybridized carbons (Fsp3) is 0.480. The molecule has 2 aromatic rings. The second kappa shape index (κ2) is 10.1. The van der Waals surface area contributed by atoms with Gasteiger partial charge in [-0.1, -0.05) is 12.1 Å². The van der Waals surface area contributed by atoms with E-state index in [0.717, 1.165) is 43.5 Å². The predicted molar refractivity (Wildman–Crippen MR) is 126 cm³/mol. The summed E-state index contributed by atoms with van der Waals surface area (Å²) in [5, 5.41) is 0. The molecular weight excluding hydrogens is 440 g/mol. The van der Waals surface area contributed by atoms with Gasteiger partial charge >= 0.3 is 0 Å². The monoisotopic (exact) mass is 472 g/mol. The van der Waals surface area contributed by atoms with Gasteiger partial charge in [0, 0.05) is 25.7 Å². The van der Waals surface area contributed by atoms with E-state index in [4.69, 9.17) is 9.47 Å². The second-order valence-electron chi connectivity index (χ2n) is 8.76. The van der Waals surface area contributed by atoms with Crippen LogP contribution in [0, 0.1) is 5.92 Å². The van der Waals surface area contributed by atoms with Crippen molar-refractivity contribution in [2.75, 3.05) is 33.9 Å². The van der Waals surface area contributed by atoms with E-state index in [-0.39, 0.29) is 29.3 Å². The van der Waals surface area contributed by atoms with Crippen LogP contribution in [-0.4, -0.2) is 63.4 Å². The summed E-state index contributed by atoms with van der Waals surface area (Å²) in [5.41, 5.74) is 1.14. The van der Waals surface area contributed by atoms with E-state index in [1.165, 1.54) is 4.31 Å². The first-order chi connectivity index (χ1) is 15.9. The molecule has 2 fully saturated rings. The fourth-order valence-corrected chi connectivity index (χ4v) is 6.43. The Balaban J connectivity index is 1.45. The van der Waals surface area contributed by atoms with E-state index >= 15 is 0 Å². The molecule has 178 valence electrons. The largest absolute Gasteiger partial charge is 0.497 e. The van der Waals surface area contributed by atoms with Gasteiger partial charge in [-0.25, -0.2) is 8.42 Å². The standard InChI is InChI=1S/C25H32N2O5S/c1-31-22-10-12-24(13-11-22)33(29,30)26-14-4-7-20(18-26)25(28)27-15-5-8-21(27)16-19-6-3-9-23(17-19)32-2/h3,6,9-13,17,20-21H,4-5,7-8,14-16,18H2,1-2H3. The number of amides is 1. The molecule has 2 heterocycles. The number of carbonyl (C=O) groups is 1. The minimum absolute atomic E-state index is 0.0787. The Hall–Kier alpha value is -2.58. The number of sulfonamides is 1. The highest BCUT2D eigenvalue weighted by atomic mass is 32.2. The van der Waals surface area contributed by atoms with Crippen LogP contribution in [0.2, 0.25) is 0 Å². The van der Waals surface area contributed by atoms with Gasteiger partial charge in [0.2, 0.25) is 15.9 Å². The molecule has 2 saturated heterocycles. The van der Waals surface area contributed by atoms with Crippen LogP contribution in [0.4, 0.5) is 0 Å². The molecule has 2 aliphatic rings. The lowest BCUT2D eigenvalue weighted by Gasteiger charge is -2.35. The lowest BCUT2D eigenvalue weighted by Crippen LogP contribution is -2.48. The third kappa shape index (κ3) is 5.17. The van der Waals surface area contributed by atoms with Crippen molar-refractivity contribution in [2.45, 2.75) is 43.0 Å². The Kier molecular flexibility index (Phi) is 7.24. The number of carbonyl (C=O) groups excluding carboxylic acids is 1. The molecule has 0 saturated carbocycles. The zero-order chi connectivity index (χ0) is 23.4. The van der Waals surface area contributed by atoms with E-state index in [1.54, 1.807) is 38.5 Å². The van der Waals surface area contributed by atoms with Gasteiger partial charge in [-0.15, -0.1) is 0 Å². The van der Waals surface area contributed by atoms with Crippen molar-refractivity contribution in [3.8, 4) is 11.5 Å². The number of hydrogen-bond donors (Lipinski definition) is 0. The third-order valence-corrected chi connectivity index (χ3v) is 8.58. The van der Waals surface area contributed by atoms with Crippen molar-refractivity contribution in [1.29, 1.82) is 0 Å². The lowest BCUT2D eigenvalue weighted by atomic mass is 9.96. The van der Waals surface area contributed by atoms with Crippen molar-refractivity contribution in [2.24, 2.45) is 5.92 Å². The van der Waals surface area contributed by atoms with Crippen molar-refractivity contribution in [3.63, 3.8) is 0 Å². The zero-order valence-electron chi connectivity index (χ0n) is 19.3. The number of benzene rings is 2. The molecule has 4 rings (SSSR count). The average molecular weight is 473 g/mol. The average Bonchev–Trinajstić information content (AvgIpc) is 3.31. The molecule has 0 N–H and O–H groups in total. The van der Waals surface area contributed by atoms with Crippen molar-refractivity contribution >= 4 is 15.9 Å². The van der Waals surface area contributed by atoms with Gasteiger partial charge in [0.05, 0.1) is 25.0 Å². The highest BCUT2D eigenvalue weighted by Crippen LogP contribution is 2.30. The van der Waals surface area contributed by atoms with Crippen LogP contribution in [0.15, 0.2) is 53.4 Å². The number of ether oxygens (including phenoxy) is 2. The fourth-order valence-electron chi connectivity index (χ4n) is 4.90. The Labute approximate surface area is 196 Å². The molecule has 2 atom stereocenters. The molecule has 1 amide bonds. The van der Waals surface area contributed by atoms with Crippen LogP contribution in [0.5, 0.6) is 11.5 Å². The highest BCUT2D eigenvalue weighted by molar-refractivity contribution is 7.89. The van der Waals surface area contributed by atoms with Crippen LogP contribution < -0.4 is 9.47 Å². The number of piperidine rings is 1. The van der Waals surface area contributed by atoms with Crippen LogP contribution >= 0.6 is 0 Å². The first kappa shape index (κ1) is 23.6. The molecule has 0 aromatic heterocycles. The first-order valence-corrected chi connectivity index (χ1v) is 12.9. The minimum atomic E-state index is -3.65. The topological polar surface area (TPSA) is 76.2 Å². The molecule has 8 heteroatoms. The Bertz CT molecular complexity index is 1070. The molecule has 0 spiro atoms. The number of nitrogens with zero attached hydrogens (tertiary/aromatic N) is 2. The Morgan fingerprint density at radius 1 is 0.970 bits per heavy atom. The van der Waals surface area contributed by atoms with Crippen LogP contribution in [0.25, 0.3) is 0 Å². The maximum absolute atomic E-state index is 13.5. The summed E-state index contributed by atoms with van der Waals surface area (Å²) in [4.78, 5) is 15.7. The maximum atomic E-state index is 13.5. The minimum Gasteiger partial charge on any atom is -0.497 e. The van der Waals surface area contributed by atoms with Gasteiger partial charge < -0.3 is 14.4 Å². The Morgan fingerprint density at radius 3 is 2.42 bits per heavy atom. The summed E-state index contributed by atoms with van der Waals surface area (Å²) >= 11 is 0. The summed E-state index contributed by atoms with van der Waals surface area (Å²) < 4.78 is 38.3. The summed E-state index contributed by atoms with van der Waals surface area (Å²) in [5.74, 6) is 1.19. The quantitative estimate of drug-likeness (QED) is 0.618. The van der Waals surface area contributed by atoms with Gasteiger partial charge in [0.25, 0.3) is 0 Å². The maximum Gasteiger partial charge on any atom is 0.243 e. The second-order valence-corrected chi connectivity index (χ2v) is 10.7. The number of methoxy groups -OCH3 is 2. The van der Waals surface area contributed by atoms with Crippen LogP contribution in [-0.2, 0) is 21.2 Å². The zero-order valence-corrected chi connectivity index (χ0v) is 20.1. The van der Waals surface area contributed by atoms with E-state index < -0.39 is 10.0 Å². The molecule has 33 heavy (non-hydrogen) atoms. The highest BCUT2D eigenvalue weighted by Gasteiger charge is 2.38. The van der Waals surface area contributed by atoms with E-state index in [2.05, 4.69) is 6.07 Å². The predicted octanol–water partition coefficient (Wildman–Crippen LogP) is 3.34. The smallest absolute Gasteiger partial charge is 0.243 e. The molecule has 2 aromatic carbocycles. The van der Waals surface area contributed by atoms with Crippen molar-refractivity contribution in [1.82, 2.24) is 9.21 Å².